The Morgan fingerprint density at radius 1 is 0.927 bits per heavy atom. The van der Waals surface area contributed by atoms with Gasteiger partial charge in [0.1, 0.15) is 0 Å². The minimum absolute atomic E-state index is 0.122. The highest BCUT2D eigenvalue weighted by Crippen LogP contribution is 2.20. The molecule has 0 radical (unpaired) electrons. The number of piperazine rings is 1. The van der Waals surface area contributed by atoms with Crippen LogP contribution < -0.4 is 4.72 Å². The molecular formula is C27H33N9O4S. The number of nitrogens with one attached hydrogen (secondary N) is 1. The van der Waals surface area contributed by atoms with Crippen LogP contribution in [0.25, 0.3) is 11.5 Å². The summed E-state index contributed by atoms with van der Waals surface area (Å²) in [6.45, 7) is 9.26. The van der Waals surface area contributed by atoms with E-state index < -0.39 is 15.9 Å². The minimum atomic E-state index is -3.61. The van der Waals surface area contributed by atoms with Crippen LogP contribution in [0.2, 0.25) is 0 Å². The number of hydrogen-bond acceptors (Lipinski definition) is 9. The van der Waals surface area contributed by atoms with Crippen LogP contribution in [-0.2, 0) is 27.8 Å². The van der Waals surface area contributed by atoms with Crippen LogP contribution >= 0.6 is 0 Å². The Morgan fingerprint density at radius 2 is 1.63 bits per heavy atom. The fourth-order valence-electron chi connectivity index (χ4n) is 5.05. The molecule has 13 nitrogen and oxygen atoms in total. The zero-order valence-electron chi connectivity index (χ0n) is 23.5. The van der Waals surface area contributed by atoms with Crippen LogP contribution in [-0.4, -0.2) is 92.1 Å². The van der Waals surface area contributed by atoms with Gasteiger partial charge in [-0.1, -0.05) is 12.1 Å². The summed E-state index contributed by atoms with van der Waals surface area (Å²) in [6, 6.07) is 10.6. The summed E-state index contributed by atoms with van der Waals surface area (Å²) in [4.78, 5) is 29.2. The van der Waals surface area contributed by atoms with Crippen LogP contribution in [0.5, 0.6) is 0 Å². The van der Waals surface area contributed by atoms with Gasteiger partial charge in [-0.25, -0.2) is 17.8 Å². The van der Waals surface area contributed by atoms with Crippen molar-refractivity contribution in [3.05, 3.63) is 70.3 Å². The smallest absolute Gasteiger partial charge is 0.264 e. The SMILES string of the molecule is Cc1nn(-c2ccc3nnc(C)n3n2)c(C)c1CCC(=O)N1CCN(Cc2ccc(C(=O)NS(C)(=O)=O)cc2)CC1. The first-order valence-corrected chi connectivity index (χ1v) is 15.2. The van der Waals surface area contributed by atoms with Gasteiger partial charge >= 0.3 is 0 Å². The van der Waals surface area contributed by atoms with Crippen LogP contribution in [0.1, 0.15) is 45.1 Å². The molecule has 5 rings (SSSR count). The van der Waals surface area contributed by atoms with Gasteiger partial charge in [0.2, 0.25) is 15.9 Å². The average molecular weight is 580 g/mol. The number of carbonyl (C=O) groups excluding carboxylic acids is 2. The molecule has 41 heavy (non-hydrogen) atoms. The maximum Gasteiger partial charge on any atom is 0.264 e. The Labute approximate surface area is 238 Å². The molecule has 1 N–H and O–H groups in total. The Morgan fingerprint density at radius 3 is 2.32 bits per heavy atom. The number of nitrogens with zero attached hydrogens (tertiary/aromatic N) is 8. The lowest BCUT2D eigenvalue weighted by molar-refractivity contribution is -0.133. The number of hydrogen-bond donors (Lipinski definition) is 1. The third-order valence-corrected chi connectivity index (χ3v) is 7.83. The fourth-order valence-corrected chi connectivity index (χ4v) is 5.51. The number of aryl methyl sites for hydroxylation is 2. The van der Waals surface area contributed by atoms with Gasteiger partial charge in [0.15, 0.2) is 17.3 Å². The minimum Gasteiger partial charge on any atom is -0.340 e. The molecule has 0 saturated carbocycles. The first kappa shape index (κ1) is 28.4. The van der Waals surface area contributed by atoms with E-state index in [4.69, 9.17) is 5.10 Å². The first-order valence-electron chi connectivity index (χ1n) is 13.3. The second kappa shape index (κ2) is 11.4. The quantitative estimate of drug-likeness (QED) is 0.325. The van der Waals surface area contributed by atoms with Gasteiger partial charge in [-0.3, -0.25) is 14.5 Å². The molecule has 0 unspecified atom stereocenters. The maximum atomic E-state index is 13.1. The Bertz CT molecular complexity index is 1700. The summed E-state index contributed by atoms with van der Waals surface area (Å²) in [5, 5.41) is 17.5. The van der Waals surface area contributed by atoms with Crippen LogP contribution in [0.15, 0.2) is 36.4 Å². The molecule has 4 aromatic rings. The lowest BCUT2D eigenvalue weighted by Crippen LogP contribution is -2.48. The Balaban J connectivity index is 1.13. The van der Waals surface area contributed by atoms with Crippen molar-refractivity contribution in [2.75, 3.05) is 32.4 Å². The Hall–Kier alpha value is -4.17. The van der Waals surface area contributed by atoms with Gasteiger partial charge in [0, 0.05) is 50.4 Å². The molecule has 0 atom stereocenters. The topological polar surface area (TPSA) is 148 Å². The van der Waals surface area contributed by atoms with Crippen molar-refractivity contribution >= 4 is 27.5 Å². The van der Waals surface area contributed by atoms with Crippen LogP contribution in [0.3, 0.4) is 0 Å². The maximum absolute atomic E-state index is 13.1. The molecule has 216 valence electrons. The van der Waals surface area contributed by atoms with E-state index in [1.54, 1.807) is 21.3 Å². The average Bonchev–Trinajstić information content (AvgIpc) is 3.44. The summed E-state index contributed by atoms with van der Waals surface area (Å²) in [5.41, 5.74) is 4.85. The zero-order valence-corrected chi connectivity index (χ0v) is 24.3. The normalized spacial score (nSPS) is 14.5. The third-order valence-electron chi connectivity index (χ3n) is 7.28. The summed E-state index contributed by atoms with van der Waals surface area (Å²) < 4.78 is 28.0. The molecule has 0 spiro atoms. The number of fused-ring (bicyclic) bond motifs is 1. The Kier molecular flexibility index (Phi) is 7.87. The highest BCUT2D eigenvalue weighted by atomic mass is 32.2. The summed E-state index contributed by atoms with van der Waals surface area (Å²) in [6.07, 6.45) is 1.95. The number of carbonyl (C=O) groups is 2. The zero-order chi connectivity index (χ0) is 29.3. The number of amides is 2. The lowest BCUT2D eigenvalue weighted by atomic mass is 10.1. The van der Waals surface area contributed by atoms with E-state index in [1.165, 1.54) is 0 Å². The number of rotatable bonds is 8. The molecule has 3 aromatic heterocycles. The van der Waals surface area contributed by atoms with E-state index in [0.29, 0.717) is 49.8 Å². The van der Waals surface area contributed by atoms with Gasteiger partial charge < -0.3 is 4.90 Å². The summed E-state index contributed by atoms with van der Waals surface area (Å²) >= 11 is 0. The van der Waals surface area contributed by atoms with Crippen molar-refractivity contribution < 1.29 is 18.0 Å². The lowest BCUT2D eigenvalue weighted by Gasteiger charge is -2.35. The molecule has 0 bridgehead atoms. The van der Waals surface area contributed by atoms with E-state index in [9.17, 15) is 18.0 Å². The van der Waals surface area contributed by atoms with Gasteiger partial charge in [0.25, 0.3) is 5.91 Å². The van der Waals surface area contributed by atoms with Crippen molar-refractivity contribution in [2.24, 2.45) is 0 Å². The molecule has 0 aliphatic carbocycles. The van der Waals surface area contributed by atoms with Gasteiger partial charge in [0.05, 0.1) is 11.9 Å². The second-order valence-corrected chi connectivity index (χ2v) is 12.1. The summed E-state index contributed by atoms with van der Waals surface area (Å²) in [7, 11) is -3.61. The van der Waals surface area contributed by atoms with E-state index in [1.807, 2.05) is 54.7 Å². The standard InChI is InChI=1S/C27H33N9O4S/c1-18-23(19(2)35(30-18)25-11-10-24-29-28-20(3)36(24)31-25)9-12-26(37)34-15-13-33(14-16-34)17-21-5-7-22(8-6-21)27(38)32-41(4,39)40/h5-8,10-11H,9,12-17H2,1-4H3,(H,32,38). The number of aromatic nitrogens is 6. The largest absolute Gasteiger partial charge is 0.340 e. The predicted octanol–water partition coefficient (Wildman–Crippen LogP) is 1.20. The number of sulfonamides is 1. The molecular weight excluding hydrogens is 546 g/mol. The molecule has 1 fully saturated rings. The van der Waals surface area contributed by atoms with Crippen molar-refractivity contribution in [1.29, 1.82) is 0 Å². The summed E-state index contributed by atoms with van der Waals surface area (Å²) in [5.74, 6) is 0.839. The molecule has 2 amide bonds. The molecule has 1 aliphatic heterocycles. The predicted molar refractivity (Wildman–Crippen MR) is 151 cm³/mol. The monoisotopic (exact) mass is 579 g/mol. The van der Waals surface area contributed by atoms with E-state index in [-0.39, 0.29) is 11.5 Å². The van der Waals surface area contributed by atoms with Gasteiger partial charge in [-0.05, 0) is 62.6 Å². The molecule has 1 aliphatic rings. The molecule has 14 heteroatoms. The second-order valence-electron chi connectivity index (χ2n) is 10.3. The highest BCUT2D eigenvalue weighted by molar-refractivity contribution is 7.89. The highest BCUT2D eigenvalue weighted by Gasteiger charge is 2.23. The van der Waals surface area contributed by atoms with Crippen molar-refractivity contribution in [2.45, 2.75) is 40.2 Å². The number of benzene rings is 1. The molecule has 1 aromatic carbocycles. The van der Waals surface area contributed by atoms with Crippen LogP contribution in [0.4, 0.5) is 0 Å². The van der Waals surface area contributed by atoms with Crippen molar-refractivity contribution in [3.8, 4) is 5.82 Å². The molecule has 4 heterocycles. The van der Waals surface area contributed by atoms with Gasteiger partial charge in [-0.2, -0.15) is 9.61 Å². The van der Waals surface area contributed by atoms with Crippen molar-refractivity contribution in [1.82, 2.24) is 44.1 Å². The van der Waals surface area contributed by atoms with Gasteiger partial charge in [-0.15, -0.1) is 15.3 Å². The third kappa shape index (κ3) is 6.43. The fraction of sp³-hybridized carbons (Fsp3) is 0.407. The van der Waals surface area contributed by atoms with E-state index in [0.717, 1.165) is 41.9 Å². The van der Waals surface area contributed by atoms with Crippen LogP contribution in [0, 0.1) is 20.8 Å². The van der Waals surface area contributed by atoms with Crippen molar-refractivity contribution in [3.63, 3.8) is 0 Å². The first-order chi connectivity index (χ1) is 19.5. The van der Waals surface area contributed by atoms with E-state index >= 15 is 0 Å². The molecule has 1 saturated heterocycles. The van der Waals surface area contributed by atoms with E-state index in [2.05, 4.69) is 20.2 Å².